The molecule has 0 aliphatic carbocycles. The highest BCUT2D eigenvalue weighted by molar-refractivity contribution is 5.81. The van der Waals surface area contributed by atoms with Crippen LogP contribution in [-0.2, 0) is 9.53 Å². The summed E-state index contributed by atoms with van der Waals surface area (Å²) in [6.07, 6.45) is 2.98. The molecular weight excluding hydrogens is 304 g/mol. The van der Waals surface area contributed by atoms with Crippen molar-refractivity contribution in [2.45, 2.75) is 66.0 Å². The molecule has 1 amide bonds. The van der Waals surface area contributed by atoms with E-state index in [2.05, 4.69) is 41.7 Å². The first-order valence-electron chi connectivity index (χ1n) is 9.09. The zero-order chi connectivity index (χ0) is 18.2. The molecule has 0 radical (unpaired) electrons. The molecule has 24 heavy (non-hydrogen) atoms. The van der Waals surface area contributed by atoms with Gasteiger partial charge in [0.05, 0.1) is 6.10 Å². The Labute approximate surface area is 147 Å². The number of carbonyl (C=O) groups is 1. The van der Waals surface area contributed by atoms with Crippen LogP contribution in [0.1, 0.15) is 53.9 Å². The summed E-state index contributed by atoms with van der Waals surface area (Å²) in [5.41, 5.74) is 0.138. The molecule has 2 atom stereocenters. The van der Waals surface area contributed by atoms with Gasteiger partial charge >= 0.3 is 0 Å². The van der Waals surface area contributed by atoms with Gasteiger partial charge in [-0.1, -0.05) is 20.8 Å². The van der Waals surface area contributed by atoms with E-state index in [9.17, 15) is 4.79 Å². The first-order chi connectivity index (χ1) is 11.2. The van der Waals surface area contributed by atoms with E-state index >= 15 is 0 Å². The van der Waals surface area contributed by atoms with Crippen LogP contribution in [0.25, 0.3) is 0 Å². The Morgan fingerprint density at radius 2 is 2.00 bits per heavy atom. The van der Waals surface area contributed by atoms with Crippen LogP contribution in [-0.4, -0.2) is 50.8 Å². The summed E-state index contributed by atoms with van der Waals surface area (Å²) in [6.45, 7) is 12.9. The van der Waals surface area contributed by atoms with Gasteiger partial charge in [0.1, 0.15) is 0 Å². The van der Waals surface area contributed by atoms with E-state index in [4.69, 9.17) is 4.74 Å². The first-order valence-corrected chi connectivity index (χ1v) is 9.09. The van der Waals surface area contributed by atoms with Crippen LogP contribution in [0.5, 0.6) is 0 Å². The van der Waals surface area contributed by atoms with Crippen molar-refractivity contribution in [3.8, 4) is 0 Å². The molecule has 0 aromatic rings. The quantitative estimate of drug-likeness (QED) is 0.510. The predicted octanol–water partition coefficient (Wildman–Crippen LogP) is 1.91. The van der Waals surface area contributed by atoms with Crippen molar-refractivity contribution in [3.05, 3.63) is 0 Å². The zero-order valence-electron chi connectivity index (χ0n) is 16.2. The lowest BCUT2D eigenvalue weighted by Crippen LogP contribution is -2.48. The topological polar surface area (TPSA) is 74.8 Å². The monoisotopic (exact) mass is 340 g/mol. The summed E-state index contributed by atoms with van der Waals surface area (Å²) in [4.78, 5) is 15.9. The molecule has 1 rings (SSSR count). The summed E-state index contributed by atoms with van der Waals surface area (Å²) in [5.74, 6) is 1.27. The van der Waals surface area contributed by atoms with Crippen molar-refractivity contribution in [1.29, 1.82) is 0 Å². The smallest absolute Gasteiger partial charge is 0.221 e. The standard InChI is InChI=1S/C18H36N4O2/c1-13(2)22-15(23)9-10-20-17(19-6)21-12-14-8-7-11-24-16(14)18(3,4)5/h13-14,16H,7-12H2,1-6H3,(H,22,23)(H2,19,20,21). The van der Waals surface area contributed by atoms with Crippen LogP contribution >= 0.6 is 0 Å². The zero-order valence-corrected chi connectivity index (χ0v) is 16.2. The molecule has 0 aromatic carbocycles. The number of nitrogens with zero attached hydrogens (tertiary/aromatic N) is 1. The number of ether oxygens (including phenoxy) is 1. The van der Waals surface area contributed by atoms with Crippen LogP contribution < -0.4 is 16.0 Å². The maximum atomic E-state index is 11.7. The van der Waals surface area contributed by atoms with Gasteiger partial charge in [-0.3, -0.25) is 9.79 Å². The molecule has 1 fully saturated rings. The van der Waals surface area contributed by atoms with Gasteiger partial charge in [0.25, 0.3) is 0 Å². The number of carbonyl (C=O) groups excluding carboxylic acids is 1. The minimum absolute atomic E-state index is 0.0569. The lowest BCUT2D eigenvalue weighted by atomic mass is 9.78. The second-order valence-electron chi connectivity index (χ2n) is 7.91. The molecule has 2 unspecified atom stereocenters. The van der Waals surface area contributed by atoms with Gasteiger partial charge in [-0.2, -0.15) is 0 Å². The van der Waals surface area contributed by atoms with Crippen LogP contribution in [0.15, 0.2) is 4.99 Å². The minimum atomic E-state index is 0.0569. The SMILES string of the molecule is CN=C(NCCC(=O)NC(C)C)NCC1CCCOC1C(C)(C)C. The van der Waals surface area contributed by atoms with Gasteiger partial charge in [-0.15, -0.1) is 0 Å². The summed E-state index contributed by atoms with van der Waals surface area (Å²) in [7, 11) is 1.75. The van der Waals surface area contributed by atoms with Crippen molar-refractivity contribution in [2.75, 3.05) is 26.7 Å². The predicted molar refractivity (Wildman–Crippen MR) is 99.2 cm³/mol. The summed E-state index contributed by atoms with van der Waals surface area (Å²) >= 11 is 0. The van der Waals surface area contributed by atoms with Gasteiger partial charge in [-0.25, -0.2) is 0 Å². The highest BCUT2D eigenvalue weighted by Gasteiger charge is 2.35. The Balaban J connectivity index is 2.38. The van der Waals surface area contributed by atoms with Gasteiger partial charge in [0.15, 0.2) is 5.96 Å². The highest BCUT2D eigenvalue weighted by atomic mass is 16.5. The fraction of sp³-hybridized carbons (Fsp3) is 0.889. The summed E-state index contributed by atoms with van der Waals surface area (Å²) in [5, 5.41) is 9.47. The van der Waals surface area contributed by atoms with E-state index in [1.165, 1.54) is 6.42 Å². The molecule has 6 heteroatoms. The lowest BCUT2D eigenvalue weighted by Gasteiger charge is -2.40. The average Bonchev–Trinajstić information content (AvgIpc) is 2.49. The number of hydrogen-bond donors (Lipinski definition) is 3. The average molecular weight is 341 g/mol. The normalized spacial score (nSPS) is 22.4. The molecule has 1 saturated heterocycles. The summed E-state index contributed by atoms with van der Waals surface area (Å²) < 4.78 is 6.02. The van der Waals surface area contributed by atoms with Gasteiger partial charge < -0.3 is 20.7 Å². The molecule has 1 aliphatic rings. The number of amides is 1. The number of guanidine groups is 1. The van der Waals surface area contributed by atoms with E-state index in [1.54, 1.807) is 7.05 Å². The van der Waals surface area contributed by atoms with Crippen molar-refractivity contribution >= 4 is 11.9 Å². The largest absolute Gasteiger partial charge is 0.377 e. The molecule has 140 valence electrons. The molecule has 0 saturated carbocycles. The Morgan fingerprint density at radius 3 is 2.58 bits per heavy atom. The Bertz CT molecular complexity index is 416. The van der Waals surface area contributed by atoms with Crippen molar-refractivity contribution in [1.82, 2.24) is 16.0 Å². The molecular formula is C18H36N4O2. The molecule has 0 aromatic heterocycles. The van der Waals surface area contributed by atoms with E-state index in [1.807, 2.05) is 13.8 Å². The Morgan fingerprint density at radius 1 is 1.29 bits per heavy atom. The van der Waals surface area contributed by atoms with E-state index in [-0.39, 0.29) is 23.5 Å². The van der Waals surface area contributed by atoms with Crippen LogP contribution in [0, 0.1) is 11.3 Å². The number of rotatable bonds is 6. The van der Waals surface area contributed by atoms with Crippen molar-refractivity contribution < 1.29 is 9.53 Å². The molecule has 0 bridgehead atoms. The second-order valence-corrected chi connectivity index (χ2v) is 7.91. The number of nitrogens with one attached hydrogen (secondary N) is 3. The Hall–Kier alpha value is -1.30. The van der Waals surface area contributed by atoms with E-state index in [0.29, 0.717) is 18.9 Å². The second kappa shape index (κ2) is 9.87. The minimum Gasteiger partial charge on any atom is -0.377 e. The number of aliphatic imine (C=N–C) groups is 1. The fourth-order valence-corrected chi connectivity index (χ4v) is 3.15. The molecule has 3 N–H and O–H groups in total. The van der Waals surface area contributed by atoms with Crippen LogP contribution in [0.3, 0.4) is 0 Å². The fourth-order valence-electron chi connectivity index (χ4n) is 3.15. The Kier molecular flexibility index (Phi) is 8.53. The van der Waals surface area contributed by atoms with Gasteiger partial charge in [-0.05, 0) is 32.1 Å². The molecule has 6 nitrogen and oxygen atoms in total. The van der Waals surface area contributed by atoms with E-state index < -0.39 is 0 Å². The van der Waals surface area contributed by atoms with Crippen molar-refractivity contribution in [2.24, 2.45) is 16.3 Å². The molecule has 1 aliphatic heterocycles. The van der Waals surface area contributed by atoms with Gasteiger partial charge in [0.2, 0.25) is 5.91 Å². The van der Waals surface area contributed by atoms with Crippen molar-refractivity contribution in [3.63, 3.8) is 0 Å². The molecule has 1 heterocycles. The third kappa shape index (κ3) is 7.51. The first kappa shape index (κ1) is 20.7. The molecule has 0 spiro atoms. The van der Waals surface area contributed by atoms with E-state index in [0.717, 1.165) is 25.5 Å². The number of hydrogen-bond acceptors (Lipinski definition) is 3. The highest BCUT2D eigenvalue weighted by Crippen LogP contribution is 2.33. The lowest BCUT2D eigenvalue weighted by molar-refractivity contribution is -0.121. The van der Waals surface area contributed by atoms with Gasteiger partial charge in [0, 0.05) is 45.1 Å². The van der Waals surface area contributed by atoms with Crippen LogP contribution in [0.2, 0.25) is 0 Å². The summed E-state index contributed by atoms with van der Waals surface area (Å²) in [6, 6.07) is 0.176. The van der Waals surface area contributed by atoms with Crippen LogP contribution in [0.4, 0.5) is 0 Å². The maximum Gasteiger partial charge on any atom is 0.221 e. The maximum absolute atomic E-state index is 11.7. The third-order valence-electron chi connectivity index (χ3n) is 4.15. The third-order valence-corrected chi connectivity index (χ3v) is 4.15.